The van der Waals surface area contributed by atoms with Gasteiger partial charge in [0.1, 0.15) is 0 Å². The normalized spacial score (nSPS) is 22.4. The molecule has 2 aliphatic rings. The first-order valence-corrected chi connectivity index (χ1v) is 7.14. The number of halogens is 1. The quantitative estimate of drug-likeness (QED) is 0.844. The van der Waals surface area contributed by atoms with Crippen molar-refractivity contribution in [3.05, 3.63) is 33.8 Å². The third-order valence-corrected chi connectivity index (χ3v) is 5.18. The third-order valence-electron chi connectivity index (χ3n) is 4.83. The minimum Gasteiger partial charge on any atom is -0.392 e. The predicted molar refractivity (Wildman–Crippen MR) is 74.1 cm³/mol. The molecule has 1 heterocycles. The largest absolute Gasteiger partial charge is 0.392 e. The van der Waals surface area contributed by atoms with E-state index in [1.807, 2.05) is 0 Å². The molecule has 1 aromatic carbocycles. The monoisotopic (exact) mass is 265 g/mol. The Kier molecular flexibility index (Phi) is 3.13. The van der Waals surface area contributed by atoms with E-state index in [2.05, 4.69) is 24.1 Å². The van der Waals surface area contributed by atoms with Crippen LogP contribution in [0.4, 0.5) is 0 Å². The maximum absolute atomic E-state index is 9.39. The summed E-state index contributed by atoms with van der Waals surface area (Å²) in [5.74, 6) is 0. The number of hydrogen-bond donors (Lipinski definition) is 1. The fraction of sp³-hybridized carbons (Fsp3) is 0.600. The molecule has 1 spiro atoms. The smallest absolute Gasteiger partial charge is 0.0696 e. The fourth-order valence-corrected chi connectivity index (χ4v) is 3.80. The molecule has 0 atom stereocenters. The van der Waals surface area contributed by atoms with E-state index in [0.717, 1.165) is 17.0 Å². The van der Waals surface area contributed by atoms with Gasteiger partial charge in [0.25, 0.3) is 0 Å². The molecule has 2 nitrogen and oxygen atoms in total. The summed E-state index contributed by atoms with van der Waals surface area (Å²) in [4.78, 5) is 2.41. The zero-order valence-electron chi connectivity index (χ0n) is 10.9. The van der Waals surface area contributed by atoms with E-state index in [0.29, 0.717) is 5.41 Å². The van der Waals surface area contributed by atoms with Gasteiger partial charge in [-0.3, -0.25) is 0 Å². The van der Waals surface area contributed by atoms with Crippen molar-refractivity contribution in [2.45, 2.75) is 37.7 Å². The first-order chi connectivity index (χ1) is 8.64. The van der Waals surface area contributed by atoms with Crippen LogP contribution in [0.5, 0.6) is 0 Å². The number of benzene rings is 1. The Labute approximate surface area is 114 Å². The van der Waals surface area contributed by atoms with Crippen LogP contribution in [0.3, 0.4) is 0 Å². The van der Waals surface area contributed by atoms with Gasteiger partial charge in [0, 0.05) is 5.02 Å². The van der Waals surface area contributed by atoms with Crippen LogP contribution in [0.15, 0.2) is 12.1 Å². The Hall–Kier alpha value is -0.570. The van der Waals surface area contributed by atoms with Gasteiger partial charge in [-0.2, -0.15) is 0 Å². The van der Waals surface area contributed by atoms with E-state index in [-0.39, 0.29) is 6.61 Å². The van der Waals surface area contributed by atoms with E-state index in [1.54, 1.807) is 0 Å². The highest BCUT2D eigenvalue weighted by atomic mass is 35.5. The van der Waals surface area contributed by atoms with E-state index in [1.165, 1.54) is 43.5 Å². The summed E-state index contributed by atoms with van der Waals surface area (Å²) in [7, 11) is 2.20. The molecule has 0 amide bonds. The molecule has 0 unspecified atom stereocenters. The summed E-state index contributed by atoms with van der Waals surface area (Å²) >= 11 is 6.19. The van der Waals surface area contributed by atoms with Gasteiger partial charge >= 0.3 is 0 Å². The van der Waals surface area contributed by atoms with Gasteiger partial charge in [-0.1, -0.05) is 17.7 Å². The average Bonchev–Trinajstić information content (AvgIpc) is 2.71. The van der Waals surface area contributed by atoms with Crippen LogP contribution in [-0.4, -0.2) is 30.1 Å². The molecular formula is C15H20ClNO. The molecule has 3 heteroatoms. The lowest BCUT2D eigenvalue weighted by molar-refractivity contribution is 0.187. The molecule has 1 aromatic rings. The minimum absolute atomic E-state index is 0.0437. The van der Waals surface area contributed by atoms with Crippen molar-refractivity contribution in [3.63, 3.8) is 0 Å². The van der Waals surface area contributed by atoms with Gasteiger partial charge in [-0.05, 0) is 74.0 Å². The summed E-state index contributed by atoms with van der Waals surface area (Å²) in [6.45, 7) is 2.40. The van der Waals surface area contributed by atoms with Crippen LogP contribution in [0.1, 0.15) is 36.0 Å². The fourth-order valence-electron chi connectivity index (χ4n) is 3.56. The molecule has 1 aliphatic carbocycles. The zero-order chi connectivity index (χ0) is 12.8. The first-order valence-electron chi connectivity index (χ1n) is 6.76. The molecule has 1 saturated heterocycles. The highest BCUT2D eigenvalue weighted by Crippen LogP contribution is 2.47. The number of hydrogen-bond acceptors (Lipinski definition) is 2. The van der Waals surface area contributed by atoms with Crippen molar-refractivity contribution in [1.82, 2.24) is 4.90 Å². The number of aryl methyl sites for hydroxylation is 1. The Balaban J connectivity index is 2.00. The lowest BCUT2D eigenvalue weighted by atomic mass is 9.73. The SMILES string of the molecule is CN1CCC2(CCc3cc(Cl)c(CO)cc32)CC1. The van der Waals surface area contributed by atoms with Crippen molar-refractivity contribution in [2.75, 3.05) is 20.1 Å². The second-order valence-corrected chi connectivity index (χ2v) is 6.25. The van der Waals surface area contributed by atoms with Gasteiger partial charge in [-0.15, -0.1) is 0 Å². The highest BCUT2D eigenvalue weighted by molar-refractivity contribution is 6.31. The van der Waals surface area contributed by atoms with Gasteiger partial charge in [0.05, 0.1) is 6.61 Å². The van der Waals surface area contributed by atoms with E-state index >= 15 is 0 Å². The average molecular weight is 266 g/mol. The van der Waals surface area contributed by atoms with E-state index in [4.69, 9.17) is 11.6 Å². The summed E-state index contributed by atoms with van der Waals surface area (Å²) in [6.07, 6.45) is 4.87. The van der Waals surface area contributed by atoms with Crippen molar-refractivity contribution in [3.8, 4) is 0 Å². The third kappa shape index (κ3) is 1.87. The van der Waals surface area contributed by atoms with Crippen molar-refractivity contribution >= 4 is 11.6 Å². The van der Waals surface area contributed by atoms with Crippen LogP contribution < -0.4 is 0 Å². The molecule has 18 heavy (non-hydrogen) atoms. The summed E-state index contributed by atoms with van der Waals surface area (Å²) in [6, 6.07) is 4.24. The molecule has 98 valence electrons. The number of fused-ring (bicyclic) bond motifs is 2. The molecule has 0 radical (unpaired) electrons. The van der Waals surface area contributed by atoms with Crippen molar-refractivity contribution in [2.24, 2.45) is 0 Å². The topological polar surface area (TPSA) is 23.5 Å². The Bertz CT molecular complexity index is 464. The minimum atomic E-state index is 0.0437. The number of rotatable bonds is 1. The first kappa shape index (κ1) is 12.5. The molecule has 0 bridgehead atoms. The maximum atomic E-state index is 9.39. The molecule has 1 aliphatic heterocycles. The van der Waals surface area contributed by atoms with Gasteiger partial charge in [-0.25, -0.2) is 0 Å². The van der Waals surface area contributed by atoms with E-state index in [9.17, 15) is 5.11 Å². The zero-order valence-corrected chi connectivity index (χ0v) is 11.6. The molecule has 1 N–H and O–H groups in total. The molecular weight excluding hydrogens is 246 g/mol. The lowest BCUT2D eigenvalue weighted by Gasteiger charge is -2.39. The second kappa shape index (κ2) is 4.52. The van der Waals surface area contributed by atoms with E-state index < -0.39 is 0 Å². The molecule has 0 saturated carbocycles. The maximum Gasteiger partial charge on any atom is 0.0696 e. The van der Waals surface area contributed by atoms with Crippen LogP contribution in [0, 0.1) is 0 Å². The van der Waals surface area contributed by atoms with Crippen molar-refractivity contribution < 1.29 is 5.11 Å². The van der Waals surface area contributed by atoms with Crippen LogP contribution >= 0.6 is 11.6 Å². The lowest BCUT2D eigenvalue weighted by Crippen LogP contribution is -2.39. The molecule has 1 fully saturated rings. The summed E-state index contributed by atoms with van der Waals surface area (Å²) in [5, 5.41) is 10.1. The van der Waals surface area contributed by atoms with Crippen LogP contribution in [0.25, 0.3) is 0 Å². The number of aliphatic hydroxyl groups excluding tert-OH is 1. The molecule has 3 rings (SSSR count). The van der Waals surface area contributed by atoms with Gasteiger partial charge in [0.15, 0.2) is 0 Å². The summed E-state index contributed by atoms with van der Waals surface area (Å²) in [5.41, 5.74) is 4.11. The predicted octanol–water partition coefficient (Wildman–Crippen LogP) is 2.74. The number of piperidine rings is 1. The highest BCUT2D eigenvalue weighted by Gasteiger charge is 2.40. The summed E-state index contributed by atoms with van der Waals surface area (Å²) < 4.78 is 0. The molecule has 0 aromatic heterocycles. The number of likely N-dealkylation sites (tertiary alicyclic amines) is 1. The van der Waals surface area contributed by atoms with Crippen LogP contribution in [-0.2, 0) is 18.4 Å². The Morgan fingerprint density at radius 3 is 2.67 bits per heavy atom. The number of nitrogens with zero attached hydrogens (tertiary/aromatic N) is 1. The second-order valence-electron chi connectivity index (χ2n) is 5.84. The van der Waals surface area contributed by atoms with Gasteiger partial charge < -0.3 is 10.0 Å². The van der Waals surface area contributed by atoms with Gasteiger partial charge in [0.2, 0.25) is 0 Å². The Morgan fingerprint density at radius 2 is 2.00 bits per heavy atom. The van der Waals surface area contributed by atoms with Crippen LogP contribution in [0.2, 0.25) is 5.02 Å². The van der Waals surface area contributed by atoms with Crippen molar-refractivity contribution in [1.29, 1.82) is 0 Å². The number of aliphatic hydroxyl groups is 1. The standard InChI is InChI=1S/C15H20ClNO/c1-17-6-4-15(5-7-17)3-2-11-9-14(16)12(10-18)8-13(11)15/h8-9,18H,2-7,10H2,1H3. The Morgan fingerprint density at radius 1 is 1.28 bits per heavy atom.